The van der Waals surface area contributed by atoms with Crippen molar-refractivity contribution in [1.82, 2.24) is 20.0 Å². The van der Waals surface area contributed by atoms with E-state index in [0.717, 1.165) is 18.2 Å². The maximum atomic E-state index is 4.40. The average Bonchev–Trinajstić information content (AvgIpc) is 2.61. The molecule has 4 heteroatoms. The van der Waals surface area contributed by atoms with E-state index in [1.54, 1.807) is 0 Å². The Balaban J connectivity index is 1.84. The van der Waals surface area contributed by atoms with Gasteiger partial charge in [-0.2, -0.15) is 5.10 Å². The van der Waals surface area contributed by atoms with Gasteiger partial charge in [0.1, 0.15) is 0 Å². The molecule has 1 fully saturated rings. The first-order valence-electron chi connectivity index (χ1n) is 6.55. The van der Waals surface area contributed by atoms with Crippen molar-refractivity contribution in [2.45, 2.75) is 26.3 Å². The monoisotopic (exact) mass is 236 g/mol. The van der Waals surface area contributed by atoms with Crippen molar-refractivity contribution >= 4 is 0 Å². The summed E-state index contributed by atoms with van der Waals surface area (Å²) in [5, 5.41) is 7.68. The molecule has 0 atom stereocenters. The summed E-state index contributed by atoms with van der Waals surface area (Å²) in [6.45, 7) is 6.71. The van der Waals surface area contributed by atoms with Gasteiger partial charge in [-0.25, -0.2) is 0 Å². The summed E-state index contributed by atoms with van der Waals surface area (Å²) in [4.78, 5) is 2.54. The predicted octanol–water partition coefficient (Wildman–Crippen LogP) is 1.16. The SMILES string of the molecule is CNCC1CCN(Cc2cc(C)nn2C)CC1. The van der Waals surface area contributed by atoms with Crippen LogP contribution in [0.4, 0.5) is 0 Å². The fourth-order valence-electron chi connectivity index (χ4n) is 2.68. The van der Waals surface area contributed by atoms with Crippen molar-refractivity contribution in [2.75, 3.05) is 26.7 Å². The van der Waals surface area contributed by atoms with Crippen LogP contribution in [0.2, 0.25) is 0 Å². The molecule has 0 amide bonds. The van der Waals surface area contributed by atoms with Gasteiger partial charge in [0, 0.05) is 13.6 Å². The second-order valence-electron chi connectivity index (χ2n) is 5.18. The summed E-state index contributed by atoms with van der Waals surface area (Å²) in [5.74, 6) is 0.865. The minimum Gasteiger partial charge on any atom is -0.319 e. The lowest BCUT2D eigenvalue weighted by molar-refractivity contribution is 0.173. The molecule has 2 heterocycles. The number of piperidine rings is 1. The average molecular weight is 236 g/mol. The lowest BCUT2D eigenvalue weighted by atomic mass is 9.97. The van der Waals surface area contributed by atoms with Gasteiger partial charge in [-0.15, -0.1) is 0 Å². The maximum absolute atomic E-state index is 4.40. The highest BCUT2D eigenvalue weighted by Crippen LogP contribution is 2.18. The molecule has 17 heavy (non-hydrogen) atoms. The van der Waals surface area contributed by atoms with Crippen molar-refractivity contribution in [3.63, 3.8) is 0 Å². The van der Waals surface area contributed by atoms with E-state index in [-0.39, 0.29) is 0 Å². The number of aromatic nitrogens is 2. The third-order valence-electron chi connectivity index (χ3n) is 3.68. The molecule has 0 aromatic carbocycles. The first kappa shape index (κ1) is 12.6. The van der Waals surface area contributed by atoms with E-state index in [9.17, 15) is 0 Å². The first-order chi connectivity index (χ1) is 8.19. The zero-order valence-electron chi connectivity index (χ0n) is 11.2. The van der Waals surface area contributed by atoms with E-state index in [1.807, 2.05) is 18.8 Å². The maximum Gasteiger partial charge on any atom is 0.0597 e. The summed E-state index contributed by atoms with van der Waals surface area (Å²) in [7, 11) is 4.08. The third-order valence-corrected chi connectivity index (χ3v) is 3.68. The van der Waals surface area contributed by atoms with Gasteiger partial charge in [-0.3, -0.25) is 9.58 Å². The summed E-state index contributed by atoms with van der Waals surface area (Å²) in [6.07, 6.45) is 2.63. The molecular weight excluding hydrogens is 212 g/mol. The van der Waals surface area contributed by atoms with E-state index in [1.165, 1.54) is 38.2 Å². The molecule has 0 radical (unpaired) electrons. The van der Waals surface area contributed by atoms with Crippen molar-refractivity contribution in [3.05, 3.63) is 17.5 Å². The van der Waals surface area contributed by atoms with Gasteiger partial charge < -0.3 is 5.32 Å². The van der Waals surface area contributed by atoms with Crippen LogP contribution in [-0.4, -0.2) is 41.4 Å². The van der Waals surface area contributed by atoms with Crippen LogP contribution in [0.25, 0.3) is 0 Å². The van der Waals surface area contributed by atoms with E-state index in [4.69, 9.17) is 0 Å². The summed E-state index contributed by atoms with van der Waals surface area (Å²) < 4.78 is 2.01. The van der Waals surface area contributed by atoms with Crippen molar-refractivity contribution < 1.29 is 0 Å². The standard InChI is InChI=1S/C13H24N4/c1-11-8-13(16(3)15-11)10-17-6-4-12(5-7-17)9-14-2/h8,12,14H,4-7,9-10H2,1-3H3. The Morgan fingerprint density at radius 1 is 1.41 bits per heavy atom. The lowest BCUT2D eigenvalue weighted by Gasteiger charge is -2.31. The number of rotatable bonds is 4. The Morgan fingerprint density at radius 3 is 2.65 bits per heavy atom. The van der Waals surface area contributed by atoms with Gasteiger partial charge in [0.2, 0.25) is 0 Å². The van der Waals surface area contributed by atoms with Crippen molar-refractivity contribution in [3.8, 4) is 0 Å². The molecule has 0 unspecified atom stereocenters. The van der Waals surface area contributed by atoms with Gasteiger partial charge in [-0.1, -0.05) is 0 Å². The lowest BCUT2D eigenvalue weighted by Crippen LogP contribution is -2.36. The Labute approximate surface area is 104 Å². The minimum absolute atomic E-state index is 0.865. The van der Waals surface area contributed by atoms with Crippen LogP contribution in [0.15, 0.2) is 6.07 Å². The molecule has 1 aromatic heterocycles. The summed E-state index contributed by atoms with van der Waals surface area (Å²) in [6, 6.07) is 2.19. The molecule has 0 bridgehead atoms. The van der Waals surface area contributed by atoms with Crippen LogP contribution in [0.5, 0.6) is 0 Å². The second kappa shape index (κ2) is 5.65. The third kappa shape index (κ3) is 3.30. The van der Waals surface area contributed by atoms with E-state index in [0.29, 0.717) is 0 Å². The number of hydrogen-bond acceptors (Lipinski definition) is 3. The molecule has 1 N–H and O–H groups in total. The highest BCUT2D eigenvalue weighted by molar-refractivity contribution is 5.08. The van der Waals surface area contributed by atoms with Gasteiger partial charge in [0.15, 0.2) is 0 Å². The molecule has 1 aliphatic heterocycles. The first-order valence-corrected chi connectivity index (χ1v) is 6.55. The molecule has 4 nitrogen and oxygen atoms in total. The van der Waals surface area contributed by atoms with Gasteiger partial charge in [0.25, 0.3) is 0 Å². The highest BCUT2D eigenvalue weighted by atomic mass is 15.3. The van der Waals surface area contributed by atoms with E-state index < -0.39 is 0 Å². The van der Waals surface area contributed by atoms with Gasteiger partial charge >= 0.3 is 0 Å². The molecule has 1 saturated heterocycles. The van der Waals surface area contributed by atoms with Crippen LogP contribution in [0.1, 0.15) is 24.2 Å². The second-order valence-corrected chi connectivity index (χ2v) is 5.18. The van der Waals surface area contributed by atoms with Gasteiger partial charge in [0.05, 0.1) is 11.4 Å². The molecule has 0 spiro atoms. The quantitative estimate of drug-likeness (QED) is 0.851. The minimum atomic E-state index is 0.865. The summed E-state index contributed by atoms with van der Waals surface area (Å²) >= 11 is 0. The zero-order valence-corrected chi connectivity index (χ0v) is 11.2. The topological polar surface area (TPSA) is 33.1 Å². The van der Waals surface area contributed by atoms with E-state index in [2.05, 4.69) is 28.3 Å². The molecule has 0 saturated carbocycles. The molecule has 2 rings (SSSR count). The fourth-order valence-corrected chi connectivity index (χ4v) is 2.68. The highest BCUT2D eigenvalue weighted by Gasteiger charge is 2.19. The molecule has 1 aliphatic rings. The molecule has 1 aromatic rings. The predicted molar refractivity (Wildman–Crippen MR) is 69.9 cm³/mol. The van der Waals surface area contributed by atoms with Crippen molar-refractivity contribution in [1.29, 1.82) is 0 Å². The normalized spacial score (nSPS) is 18.8. The Morgan fingerprint density at radius 2 is 2.12 bits per heavy atom. The number of nitrogens with one attached hydrogen (secondary N) is 1. The molecule has 96 valence electrons. The molecular formula is C13H24N4. The zero-order chi connectivity index (χ0) is 12.3. The fraction of sp³-hybridized carbons (Fsp3) is 0.769. The van der Waals surface area contributed by atoms with Crippen LogP contribution in [0, 0.1) is 12.8 Å². The Bertz CT molecular complexity index is 350. The Hall–Kier alpha value is -0.870. The number of aryl methyl sites for hydroxylation is 2. The Kier molecular flexibility index (Phi) is 4.18. The number of nitrogens with zero attached hydrogens (tertiary/aromatic N) is 3. The smallest absolute Gasteiger partial charge is 0.0597 e. The number of likely N-dealkylation sites (tertiary alicyclic amines) is 1. The summed E-state index contributed by atoms with van der Waals surface area (Å²) in [5.41, 5.74) is 2.45. The molecule has 0 aliphatic carbocycles. The van der Waals surface area contributed by atoms with Crippen molar-refractivity contribution in [2.24, 2.45) is 13.0 Å². The van der Waals surface area contributed by atoms with Gasteiger partial charge in [-0.05, 0) is 58.4 Å². The van der Waals surface area contributed by atoms with Crippen LogP contribution in [0.3, 0.4) is 0 Å². The van der Waals surface area contributed by atoms with Crippen LogP contribution in [-0.2, 0) is 13.6 Å². The largest absolute Gasteiger partial charge is 0.319 e. The van der Waals surface area contributed by atoms with E-state index >= 15 is 0 Å². The van der Waals surface area contributed by atoms with Crippen LogP contribution < -0.4 is 5.32 Å². The van der Waals surface area contributed by atoms with Crippen LogP contribution >= 0.6 is 0 Å². The number of hydrogen-bond donors (Lipinski definition) is 1.